The average Bonchev–Trinajstić information content (AvgIpc) is 2.56. The van der Waals surface area contributed by atoms with Crippen LogP contribution in [0.4, 0.5) is 0 Å². The predicted molar refractivity (Wildman–Crippen MR) is 58.5 cm³/mol. The fourth-order valence-corrected chi connectivity index (χ4v) is 2.36. The van der Waals surface area contributed by atoms with Gasteiger partial charge in [0.05, 0.1) is 0 Å². The van der Waals surface area contributed by atoms with E-state index in [2.05, 4.69) is 4.98 Å². The van der Waals surface area contributed by atoms with E-state index >= 15 is 0 Å². The molecule has 1 unspecified atom stereocenters. The summed E-state index contributed by atoms with van der Waals surface area (Å²) in [5.74, 6) is -0.971. The van der Waals surface area contributed by atoms with Gasteiger partial charge < -0.3 is 9.84 Å². The van der Waals surface area contributed by atoms with Gasteiger partial charge in [-0.1, -0.05) is 6.92 Å². The predicted octanol–water partition coefficient (Wildman–Crippen LogP) is 2.64. The van der Waals surface area contributed by atoms with Crippen molar-refractivity contribution in [2.45, 2.75) is 33.3 Å². The van der Waals surface area contributed by atoms with Gasteiger partial charge in [-0.25, -0.2) is 9.78 Å². The molecule has 1 aromatic rings. The van der Waals surface area contributed by atoms with Crippen LogP contribution in [0.25, 0.3) is 0 Å². The molecule has 5 heteroatoms. The van der Waals surface area contributed by atoms with E-state index < -0.39 is 5.97 Å². The number of thiazole rings is 1. The SMILES string of the molecule is CCOC(CC)c1nc(C(=O)O)c(C)s1. The fraction of sp³-hybridized carbons (Fsp3) is 0.600. The molecule has 4 nitrogen and oxygen atoms in total. The van der Waals surface area contributed by atoms with Crippen LogP contribution in [0.3, 0.4) is 0 Å². The van der Waals surface area contributed by atoms with Crippen LogP contribution in [0.1, 0.15) is 46.7 Å². The molecule has 0 bridgehead atoms. The van der Waals surface area contributed by atoms with Gasteiger partial charge in [-0.15, -0.1) is 11.3 Å². The summed E-state index contributed by atoms with van der Waals surface area (Å²) in [4.78, 5) is 15.6. The van der Waals surface area contributed by atoms with Gasteiger partial charge >= 0.3 is 5.97 Å². The molecule has 1 aromatic heterocycles. The normalized spacial score (nSPS) is 12.7. The molecule has 0 aliphatic rings. The molecule has 0 saturated heterocycles. The van der Waals surface area contributed by atoms with Gasteiger partial charge in [-0.3, -0.25) is 0 Å². The van der Waals surface area contributed by atoms with Crippen LogP contribution >= 0.6 is 11.3 Å². The van der Waals surface area contributed by atoms with Gasteiger partial charge in [0.1, 0.15) is 11.1 Å². The highest BCUT2D eigenvalue weighted by Gasteiger charge is 2.19. The van der Waals surface area contributed by atoms with E-state index in [1.165, 1.54) is 11.3 Å². The second-order valence-electron chi connectivity index (χ2n) is 3.11. The molecule has 1 heterocycles. The molecule has 0 spiro atoms. The van der Waals surface area contributed by atoms with Crippen molar-refractivity contribution in [3.05, 3.63) is 15.6 Å². The lowest BCUT2D eigenvalue weighted by Crippen LogP contribution is -2.04. The Bertz CT molecular complexity index is 348. The molecule has 1 atom stereocenters. The first kappa shape index (κ1) is 12.1. The van der Waals surface area contributed by atoms with Crippen molar-refractivity contribution in [3.8, 4) is 0 Å². The summed E-state index contributed by atoms with van der Waals surface area (Å²) in [6.07, 6.45) is 0.728. The van der Waals surface area contributed by atoms with Crippen molar-refractivity contribution in [2.24, 2.45) is 0 Å². The molecule has 0 radical (unpaired) electrons. The standard InChI is InChI=1S/C10H15NO3S/c1-4-7(14-5-2)9-11-8(10(12)13)6(3)15-9/h7H,4-5H2,1-3H3,(H,12,13). The van der Waals surface area contributed by atoms with Crippen LogP contribution in [0.15, 0.2) is 0 Å². The average molecular weight is 229 g/mol. The maximum absolute atomic E-state index is 10.8. The minimum Gasteiger partial charge on any atom is -0.476 e. The lowest BCUT2D eigenvalue weighted by atomic mass is 10.3. The third-order valence-corrected chi connectivity index (χ3v) is 3.09. The second-order valence-corrected chi connectivity index (χ2v) is 4.35. The molecular weight excluding hydrogens is 214 g/mol. The summed E-state index contributed by atoms with van der Waals surface area (Å²) in [6.45, 7) is 6.29. The summed E-state index contributed by atoms with van der Waals surface area (Å²) >= 11 is 1.40. The Morgan fingerprint density at radius 3 is 2.67 bits per heavy atom. The number of rotatable bonds is 5. The maximum Gasteiger partial charge on any atom is 0.355 e. The number of nitrogens with zero attached hydrogens (tertiary/aromatic N) is 1. The smallest absolute Gasteiger partial charge is 0.355 e. The molecule has 1 N–H and O–H groups in total. The Balaban J connectivity index is 2.94. The van der Waals surface area contributed by atoms with Crippen LogP contribution in [0.5, 0.6) is 0 Å². The topological polar surface area (TPSA) is 59.4 Å². The van der Waals surface area contributed by atoms with Crippen LogP contribution in [-0.2, 0) is 4.74 Å². The number of carboxylic acid groups (broad SMARTS) is 1. The summed E-state index contributed by atoms with van der Waals surface area (Å²) in [5.41, 5.74) is 0.146. The monoisotopic (exact) mass is 229 g/mol. The highest BCUT2D eigenvalue weighted by Crippen LogP contribution is 2.27. The minimum absolute atomic E-state index is 0.0770. The Labute approximate surface area is 92.9 Å². The van der Waals surface area contributed by atoms with Gasteiger partial charge in [0.2, 0.25) is 0 Å². The highest BCUT2D eigenvalue weighted by molar-refractivity contribution is 7.11. The number of carboxylic acids is 1. The Kier molecular flexibility index (Phi) is 4.23. The van der Waals surface area contributed by atoms with E-state index in [-0.39, 0.29) is 11.8 Å². The number of hydrogen-bond acceptors (Lipinski definition) is 4. The van der Waals surface area contributed by atoms with Crippen molar-refractivity contribution >= 4 is 17.3 Å². The zero-order valence-corrected chi connectivity index (χ0v) is 9.93. The van der Waals surface area contributed by atoms with Gasteiger partial charge in [0.15, 0.2) is 5.69 Å². The van der Waals surface area contributed by atoms with Gasteiger partial charge in [-0.05, 0) is 20.3 Å². The number of hydrogen-bond donors (Lipinski definition) is 1. The zero-order chi connectivity index (χ0) is 11.4. The molecule has 0 saturated carbocycles. The van der Waals surface area contributed by atoms with E-state index in [0.29, 0.717) is 6.61 Å². The number of aromatic nitrogens is 1. The summed E-state index contributed by atoms with van der Waals surface area (Å²) < 4.78 is 5.48. The Morgan fingerprint density at radius 2 is 2.27 bits per heavy atom. The van der Waals surface area contributed by atoms with Crippen molar-refractivity contribution in [1.82, 2.24) is 4.98 Å². The number of carbonyl (C=O) groups is 1. The first-order valence-electron chi connectivity index (χ1n) is 4.92. The lowest BCUT2D eigenvalue weighted by molar-refractivity contribution is 0.0589. The largest absolute Gasteiger partial charge is 0.476 e. The van der Waals surface area contributed by atoms with Crippen molar-refractivity contribution < 1.29 is 14.6 Å². The zero-order valence-electron chi connectivity index (χ0n) is 9.11. The van der Waals surface area contributed by atoms with Crippen molar-refractivity contribution in [2.75, 3.05) is 6.61 Å². The van der Waals surface area contributed by atoms with Crippen molar-refractivity contribution in [3.63, 3.8) is 0 Å². The van der Waals surface area contributed by atoms with Gasteiger partial charge in [0, 0.05) is 11.5 Å². The third-order valence-electron chi connectivity index (χ3n) is 2.03. The van der Waals surface area contributed by atoms with Crippen LogP contribution in [0, 0.1) is 6.92 Å². The van der Waals surface area contributed by atoms with E-state index in [4.69, 9.17) is 9.84 Å². The molecule has 1 rings (SSSR count). The van der Waals surface area contributed by atoms with E-state index in [1.54, 1.807) is 6.92 Å². The summed E-state index contributed by atoms with van der Waals surface area (Å²) in [5, 5.41) is 9.63. The van der Waals surface area contributed by atoms with Crippen LogP contribution in [0.2, 0.25) is 0 Å². The Hall–Kier alpha value is -0.940. The van der Waals surface area contributed by atoms with E-state index in [1.807, 2.05) is 13.8 Å². The van der Waals surface area contributed by atoms with Crippen molar-refractivity contribution in [1.29, 1.82) is 0 Å². The number of aryl methyl sites for hydroxylation is 1. The summed E-state index contributed by atoms with van der Waals surface area (Å²) in [6, 6.07) is 0. The molecule has 0 fully saturated rings. The van der Waals surface area contributed by atoms with Gasteiger partial charge in [0.25, 0.3) is 0 Å². The van der Waals surface area contributed by atoms with Crippen LogP contribution < -0.4 is 0 Å². The lowest BCUT2D eigenvalue weighted by Gasteiger charge is -2.10. The Morgan fingerprint density at radius 1 is 1.60 bits per heavy atom. The quantitative estimate of drug-likeness (QED) is 0.843. The minimum atomic E-state index is -0.971. The number of ether oxygens (including phenoxy) is 1. The summed E-state index contributed by atoms with van der Waals surface area (Å²) in [7, 11) is 0. The van der Waals surface area contributed by atoms with E-state index in [0.717, 1.165) is 16.3 Å². The molecule has 15 heavy (non-hydrogen) atoms. The molecule has 0 aromatic carbocycles. The first-order chi connectivity index (χ1) is 7.10. The van der Waals surface area contributed by atoms with Gasteiger partial charge in [-0.2, -0.15) is 0 Å². The molecule has 0 aliphatic heterocycles. The molecule has 0 aliphatic carbocycles. The third kappa shape index (κ3) is 2.76. The maximum atomic E-state index is 10.8. The first-order valence-corrected chi connectivity index (χ1v) is 5.74. The molecule has 84 valence electrons. The van der Waals surface area contributed by atoms with Crippen LogP contribution in [-0.4, -0.2) is 22.7 Å². The highest BCUT2D eigenvalue weighted by atomic mass is 32.1. The second kappa shape index (κ2) is 5.23. The number of aromatic carboxylic acids is 1. The fourth-order valence-electron chi connectivity index (χ4n) is 1.32. The van der Waals surface area contributed by atoms with E-state index in [9.17, 15) is 4.79 Å². The molecular formula is C10H15NO3S. The molecule has 0 amide bonds.